The van der Waals surface area contributed by atoms with E-state index in [1.165, 1.54) is 0 Å². The molecule has 0 saturated heterocycles. The van der Waals surface area contributed by atoms with Crippen LogP contribution in [-0.2, 0) is 9.09 Å². The second-order valence-electron chi connectivity index (χ2n) is 4.87. The highest BCUT2D eigenvalue weighted by molar-refractivity contribution is 7.67. The van der Waals surface area contributed by atoms with Gasteiger partial charge in [0.15, 0.2) is 0 Å². The van der Waals surface area contributed by atoms with E-state index in [2.05, 4.69) is 6.07 Å². The van der Waals surface area contributed by atoms with Crippen LogP contribution in [0.5, 0.6) is 0 Å². The fraction of sp³-hybridized carbons (Fsp3) is 0.467. The van der Waals surface area contributed by atoms with Crippen LogP contribution < -0.4 is 5.30 Å². The maximum Gasteiger partial charge on any atom is 0.233 e. The normalized spacial score (nSPS) is 15.1. The fourth-order valence-corrected chi connectivity index (χ4v) is 4.50. The summed E-state index contributed by atoms with van der Waals surface area (Å²) in [6.07, 6.45) is 0.684. The molecule has 0 aliphatic carbocycles. The van der Waals surface area contributed by atoms with Crippen LogP contribution in [0.15, 0.2) is 30.3 Å². The van der Waals surface area contributed by atoms with Crippen LogP contribution >= 0.6 is 7.37 Å². The highest BCUT2D eigenvalue weighted by Crippen LogP contribution is 2.49. The summed E-state index contributed by atoms with van der Waals surface area (Å²) in [5.41, 5.74) is 0. The van der Waals surface area contributed by atoms with Crippen LogP contribution in [0.3, 0.4) is 0 Å². The summed E-state index contributed by atoms with van der Waals surface area (Å²) in [6.45, 7) is 3.65. The van der Waals surface area contributed by atoms with Crippen molar-refractivity contribution in [2.45, 2.75) is 32.8 Å². The van der Waals surface area contributed by atoms with Gasteiger partial charge < -0.3 is 4.52 Å². The molecule has 0 spiro atoms. The molecule has 1 aromatic rings. The average molecular weight is 290 g/mol. The van der Waals surface area contributed by atoms with Gasteiger partial charge in [0.1, 0.15) is 0 Å². The number of hydrogen-bond acceptors (Lipinski definition) is 4. The Morgan fingerprint density at radius 3 is 2.40 bits per heavy atom. The third kappa shape index (κ3) is 4.82. The number of rotatable bonds is 7. The smallest absolute Gasteiger partial charge is 0.233 e. The van der Waals surface area contributed by atoms with Crippen molar-refractivity contribution in [3.05, 3.63) is 30.3 Å². The molecule has 0 saturated carbocycles. The van der Waals surface area contributed by atoms with Gasteiger partial charge in [-0.05, 0) is 32.4 Å². The van der Waals surface area contributed by atoms with Gasteiger partial charge in [-0.25, -0.2) is 0 Å². The summed E-state index contributed by atoms with van der Waals surface area (Å²) in [7, 11) is -3.07. The molecule has 106 valence electrons. The number of benzene rings is 1. The second kappa shape index (κ2) is 7.85. The Hall–Kier alpha value is -1.61. The average Bonchev–Trinajstić information content (AvgIpc) is 2.43. The van der Waals surface area contributed by atoms with Crippen molar-refractivity contribution in [3.8, 4) is 12.1 Å². The zero-order valence-corrected chi connectivity index (χ0v) is 12.7. The topological polar surface area (TPSA) is 73.9 Å². The van der Waals surface area contributed by atoms with Gasteiger partial charge in [-0.1, -0.05) is 18.2 Å². The zero-order chi connectivity index (χ0) is 15.0. The van der Waals surface area contributed by atoms with E-state index in [9.17, 15) is 4.57 Å². The van der Waals surface area contributed by atoms with Crippen molar-refractivity contribution in [2.24, 2.45) is 5.92 Å². The molecule has 0 radical (unpaired) electrons. The standard InChI is InChI=1S/C15H19N2O2P/c1-13(2)19-20(18,15-8-4-3-5-9-15)12-14(11-17)7-6-10-16/h3-5,8-9,13-14H,6-7,12H2,1-2H3. The monoisotopic (exact) mass is 290 g/mol. The van der Waals surface area contributed by atoms with Crippen molar-refractivity contribution in [1.29, 1.82) is 10.5 Å². The third-order valence-electron chi connectivity index (χ3n) is 2.78. The van der Waals surface area contributed by atoms with E-state index in [4.69, 9.17) is 15.0 Å². The van der Waals surface area contributed by atoms with Crippen molar-refractivity contribution in [2.75, 3.05) is 6.16 Å². The molecule has 0 fully saturated rings. The SMILES string of the molecule is CC(C)OP(=O)(CC(C#N)CCC#N)c1ccccc1. The summed E-state index contributed by atoms with van der Waals surface area (Å²) in [5.74, 6) is -0.431. The van der Waals surface area contributed by atoms with Gasteiger partial charge in [0.25, 0.3) is 0 Å². The molecule has 0 heterocycles. The number of hydrogen-bond donors (Lipinski definition) is 0. The Morgan fingerprint density at radius 1 is 1.25 bits per heavy atom. The molecule has 5 heteroatoms. The van der Waals surface area contributed by atoms with Gasteiger partial charge in [0, 0.05) is 17.9 Å². The highest BCUT2D eigenvalue weighted by atomic mass is 31.2. The molecule has 2 atom stereocenters. The van der Waals surface area contributed by atoms with Gasteiger partial charge >= 0.3 is 0 Å². The van der Waals surface area contributed by atoms with E-state index in [1.54, 1.807) is 12.1 Å². The van der Waals surface area contributed by atoms with Crippen LogP contribution in [0, 0.1) is 28.6 Å². The van der Waals surface area contributed by atoms with E-state index < -0.39 is 13.3 Å². The summed E-state index contributed by atoms with van der Waals surface area (Å²) in [4.78, 5) is 0. The molecule has 1 aromatic carbocycles. The Balaban J connectivity index is 2.98. The van der Waals surface area contributed by atoms with E-state index in [1.807, 2.05) is 38.1 Å². The summed E-state index contributed by atoms with van der Waals surface area (Å²) in [5, 5.41) is 18.4. The van der Waals surface area contributed by atoms with Crippen LogP contribution in [0.2, 0.25) is 0 Å². The summed E-state index contributed by atoms with van der Waals surface area (Å²) >= 11 is 0. The van der Waals surface area contributed by atoms with Crippen LogP contribution in [0.4, 0.5) is 0 Å². The molecule has 0 N–H and O–H groups in total. The predicted octanol–water partition coefficient (Wildman–Crippen LogP) is 3.46. The molecule has 4 nitrogen and oxygen atoms in total. The molecule has 0 aromatic heterocycles. The van der Waals surface area contributed by atoms with Gasteiger partial charge in [-0.15, -0.1) is 0 Å². The lowest BCUT2D eigenvalue weighted by molar-refractivity contribution is 0.247. The molecule has 0 amide bonds. The molecule has 20 heavy (non-hydrogen) atoms. The molecule has 0 aliphatic heterocycles. The maximum atomic E-state index is 13.1. The lowest BCUT2D eigenvalue weighted by Gasteiger charge is -2.23. The van der Waals surface area contributed by atoms with Gasteiger partial charge in [0.05, 0.1) is 24.2 Å². The van der Waals surface area contributed by atoms with Crippen LogP contribution in [0.1, 0.15) is 26.7 Å². The van der Waals surface area contributed by atoms with Gasteiger partial charge in [-0.3, -0.25) is 4.57 Å². The number of nitriles is 2. The highest BCUT2D eigenvalue weighted by Gasteiger charge is 2.30. The first-order chi connectivity index (χ1) is 9.51. The van der Waals surface area contributed by atoms with Crippen LogP contribution in [-0.4, -0.2) is 12.3 Å². The first-order valence-corrected chi connectivity index (χ1v) is 8.42. The zero-order valence-electron chi connectivity index (χ0n) is 11.8. The first-order valence-electron chi connectivity index (χ1n) is 6.61. The fourth-order valence-electron chi connectivity index (χ4n) is 1.93. The Morgan fingerprint density at radius 2 is 1.90 bits per heavy atom. The van der Waals surface area contributed by atoms with Crippen molar-refractivity contribution in [1.82, 2.24) is 0 Å². The van der Waals surface area contributed by atoms with E-state index in [0.29, 0.717) is 11.7 Å². The third-order valence-corrected chi connectivity index (χ3v) is 5.55. The number of nitrogens with zero attached hydrogens (tertiary/aromatic N) is 2. The summed E-state index contributed by atoms with van der Waals surface area (Å²) < 4.78 is 18.8. The lowest BCUT2D eigenvalue weighted by atomic mass is 10.1. The molecule has 2 unspecified atom stereocenters. The Kier molecular flexibility index (Phi) is 6.46. The Bertz CT molecular complexity index is 543. The minimum Gasteiger partial charge on any atom is -0.322 e. The van der Waals surface area contributed by atoms with Crippen LogP contribution in [0.25, 0.3) is 0 Å². The lowest BCUT2D eigenvalue weighted by Crippen LogP contribution is -2.18. The summed E-state index contributed by atoms with van der Waals surface area (Å²) in [6, 6.07) is 13.1. The molecular formula is C15H19N2O2P. The molecular weight excluding hydrogens is 271 g/mol. The minimum atomic E-state index is -3.07. The largest absolute Gasteiger partial charge is 0.322 e. The maximum absolute atomic E-state index is 13.1. The van der Waals surface area contributed by atoms with Crippen molar-refractivity contribution < 1.29 is 9.09 Å². The van der Waals surface area contributed by atoms with Crippen molar-refractivity contribution >= 4 is 12.7 Å². The predicted molar refractivity (Wildman–Crippen MR) is 78.7 cm³/mol. The Labute approximate surface area is 120 Å². The second-order valence-corrected chi connectivity index (χ2v) is 7.31. The quantitative estimate of drug-likeness (QED) is 0.721. The van der Waals surface area contributed by atoms with E-state index >= 15 is 0 Å². The minimum absolute atomic E-state index is 0.160. The molecule has 1 rings (SSSR count). The first kappa shape index (κ1) is 16.4. The van der Waals surface area contributed by atoms with E-state index in [-0.39, 0.29) is 18.7 Å². The van der Waals surface area contributed by atoms with E-state index in [0.717, 1.165) is 0 Å². The molecule has 0 bridgehead atoms. The molecule has 0 aliphatic rings. The van der Waals surface area contributed by atoms with Gasteiger partial charge in [0.2, 0.25) is 7.37 Å². The van der Waals surface area contributed by atoms with Gasteiger partial charge in [-0.2, -0.15) is 10.5 Å². The van der Waals surface area contributed by atoms with Crippen molar-refractivity contribution in [3.63, 3.8) is 0 Å².